The molecule has 0 atom stereocenters. The van der Waals surface area contributed by atoms with Crippen molar-refractivity contribution in [1.82, 2.24) is 10.2 Å². The number of rotatable bonds is 7. The first-order chi connectivity index (χ1) is 13.5. The fraction of sp³-hybridized carbons (Fsp3) is 0.545. The number of ether oxygens (including phenoxy) is 2. The van der Waals surface area contributed by atoms with Gasteiger partial charge < -0.3 is 14.8 Å². The summed E-state index contributed by atoms with van der Waals surface area (Å²) < 4.78 is 11.6. The third kappa shape index (κ3) is 4.85. The number of nitrogens with one attached hydrogen (secondary N) is 1. The van der Waals surface area contributed by atoms with Crippen LogP contribution < -0.4 is 14.8 Å². The maximum Gasteiger partial charge on any atom is 0.276 e. The Morgan fingerprint density at radius 1 is 1.21 bits per heavy atom. The molecule has 152 valence electrons. The fourth-order valence-electron chi connectivity index (χ4n) is 3.64. The van der Waals surface area contributed by atoms with Gasteiger partial charge in [0.05, 0.1) is 13.2 Å². The van der Waals surface area contributed by atoms with E-state index < -0.39 is 0 Å². The highest BCUT2D eigenvalue weighted by Crippen LogP contribution is 2.31. The lowest BCUT2D eigenvalue weighted by atomic mass is 9.94. The normalized spacial score (nSPS) is 19.4. The molecule has 1 saturated heterocycles. The number of carbonyl (C=O) groups excluding carboxylic acids is 1. The Labute approximate surface area is 173 Å². The molecule has 28 heavy (non-hydrogen) atoms. The van der Waals surface area contributed by atoms with Gasteiger partial charge in [0.25, 0.3) is 5.91 Å². The second-order valence-corrected chi connectivity index (χ2v) is 8.19. The van der Waals surface area contributed by atoms with Gasteiger partial charge >= 0.3 is 0 Å². The van der Waals surface area contributed by atoms with Crippen LogP contribution in [0.2, 0.25) is 0 Å². The monoisotopic (exact) mass is 402 g/mol. The van der Waals surface area contributed by atoms with E-state index in [0.717, 1.165) is 37.0 Å². The molecule has 1 saturated carbocycles. The van der Waals surface area contributed by atoms with Crippen LogP contribution in [0.3, 0.4) is 0 Å². The molecule has 0 aromatic heterocycles. The van der Waals surface area contributed by atoms with E-state index in [1.165, 1.54) is 6.42 Å². The van der Waals surface area contributed by atoms with Crippen molar-refractivity contribution >= 4 is 29.3 Å². The number of benzene rings is 1. The smallest absolute Gasteiger partial charge is 0.276 e. The molecule has 2 fully saturated rings. The van der Waals surface area contributed by atoms with Crippen molar-refractivity contribution < 1.29 is 14.3 Å². The zero-order valence-corrected chi connectivity index (χ0v) is 17.8. The third-order valence-electron chi connectivity index (χ3n) is 5.00. The largest absolute Gasteiger partial charge is 0.490 e. The Morgan fingerprint density at radius 3 is 2.64 bits per heavy atom. The van der Waals surface area contributed by atoms with E-state index in [0.29, 0.717) is 35.7 Å². The first-order valence-corrected chi connectivity index (χ1v) is 10.7. The summed E-state index contributed by atoms with van der Waals surface area (Å²) in [6.45, 7) is 7.34. The Balaban J connectivity index is 1.79. The van der Waals surface area contributed by atoms with Gasteiger partial charge in [0.2, 0.25) is 0 Å². The third-order valence-corrected chi connectivity index (χ3v) is 5.30. The Bertz CT molecular complexity index is 754. The molecule has 0 bridgehead atoms. The van der Waals surface area contributed by atoms with Crippen molar-refractivity contribution in [3.8, 4) is 11.5 Å². The Kier molecular flexibility index (Phi) is 6.94. The van der Waals surface area contributed by atoms with Gasteiger partial charge in [-0.1, -0.05) is 39.2 Å². The number of hydrogen-bond acceptors (Lipinski definition) is 4. The maximum atomic E-state index is 12.9. The van der Waals surface area contributed by atoms with Crippen LogP contribution >= 0.6 is 12.2 Å². The van der Waals surface area contributed by atoms with Crippen LogP contribution in [0.15, 0.2) is 23.9 Å². The van der Waals surface area contributed by atoms with Crippen LogP contribution in [0.4, 0.5) is 0 Å². The van der Waals surface area contributed by atoms with Gasteiger partial charge in [-0.05, 0) is 61.7 Å². The zero-order valence-electron chi connectivity index (χ0n) is 17.0. The van der Waals surface area contributed by atoms with Crippen molar-refractivity contribution in [2.75, 3.05) is 13.2 Å². The molecule has 0 radical (unpaired) electrons. The predicted molar refractivity (Wildman–Crippen MR) is 115 cm³/mol. The second-order valence-electron chi connectivity index (χ2n) is 7.80. The van der Waals surface area contributed by atoms with E-state index in [9.17, 15) is 4.79 Å². The lowest BCUT2D eigenvalue weighted by Crippen LogP contribution is -2.41. The summed E-state index contributed by atoms with van der Waals surface area (Å²) in [5.41, 5.74) is 1.40. The molecule has 1 N–H and O–H groups in total. The molecule has 1 aromatic carbocycles. The van der Waals surface area contributed by atoms with Crippen molar-refractivity contribution in [3.63, 3.8) is 0 Å². The molecule has 0 unspecified atom stereocenters. The van der Waals surface area contributed by atoms with Crippen molar-refractivity contribution in [1.29, 1.82) is 0 Å². The van der Waals surface area contributed by atoms with Gasteiger partial charge in [-0.25, -0.2) is 0 Å². The number of hydrogen-bond donors (Lipinski definition) is 1. The first kappa shape index (κ1) is 20.6. The van der Waals surface area contributed by atoms with Gasteiger partial charge in [0.1, 0.15) is 5.70 Å². The van der Waals surface area contributed by atoms with E-state index in [1.807, 2.05) is 31.2 Å². The number of amides is 1. The summed E-state index contributed by atoms with van der Waals surface area (Å²) in [6.07, 6.45) is 7.45. The summed E-state index contributed by atoms with van der Waals surface area (Å²) in [4.78, 5) is 14.7. The minimum atomic E-state index is -0.0324. The van der Waals surface area contributed by atoms with E-state index in [1.54, 1.807) is 4.90 Å². The zero-order chi connectivity index (χ0) is 20.1. The molecule has 1 heterocycles. The van der Waals surface area contributed by atoms with Crippen molar-refractivity contribution in [2.45, 2.75) is 58.9 Å². The molecule has 0 spiro atoms. The summed E-state index contributed by atoms with van der Waals surface area (Å²) in [5, 5.41) is 3.62. The van der Waals surface area contributed by atoms with E-state index in [-0.39, 0.29) is 11.9 Å². The van der Waals surface area contributed by atoms with E-state index in [4.69, 9.17) is 21.7 Å². The van der Waals surface area contributed by atoms with Crippen LogP contribution in [-0.4, -0.2) is 35.2 Å². The molecular weight excluding hydrogens is 372 g/mol. The molecule has 2 aliphatic rings. The molecule has 1 aliphatic heterocycles. The first-order valence-electron chi connectivity index (χ1n) is 10.3. The molecule has 3 rings (SSSR count). The minimum Gasteiger partial charge on any atom is -0.490 e. The lowest BCUT2D eigenvalue weighted by molar-refractivity contribution is -0.124. The lowest BCUT2D eigenvalue weighted by Gasteiger charge is -2.29. The topological polar surface area (TPSA) is 50.8 Å². The van der Waals surface area contributed by atoms with Crippen LogP contribution in [0, 0.1) is 5.92 Å². The minimum absolute atomic E-state index is 0.0324. The molecule has 1 aliphatic carbocycles. The second kappa shape index (κ2) is 9.41. The van der Waals surface area contributed by atoms with Gasteiger partial charge in [-0.2, -0.15) is 0 Å². The fourth-order valence-corrected chi connectivity index (χ4v) is 3.99. The molecule has 6 heteroatoms. The summed E-state index contributed by atoms with van der Waals surface area (Å²) in [5.74, 6) is 1.82. The quantitative estimate of drug-likeness (QED) is 0.537. The average Bonchev–Trinajstić information content (AvgIpc) is 2.95. The van der Waals surface area contributed by atoms with Crippen LogP contribution in [0.1, 0.15) is 58.4 Å². The standard InChI is InChI=1S/C22H30N2O3S/c1-4-26-20-13-16(10-11-19(20)27-14-15(2)3)12-18-21(25)24(22(28)23-18)17-8-6-5-7-9-17/h10-13,15,17H,4-9,14H2,1-3H3,(H,23,28). The Morgan fingerprint density at radius 2 is 1.96 bits per heavy atom. The van der Waals surface area contributed by atoms with E-state index in [2.05, 4.69) is 19.2 Å². The molecule has 1 amide bonds. The summed E-state index contributed by atoms with van der Waals surface area (Å²) in [7, 11) is 0. The average molecular weight is 403 g/mol. The Hall–Kier alpha value is -2.08. The number of thiocarbonyl (C=S) groups is 1. The SMILES string of the molecule is CCOc1cc(C=C2NC(=S)N(C3CCCCC3)C2=O)ccc1OCC(C)C. The number of nitrogens with zero attached hydrogens (tertiary/aromatic N) is 1. The van der Waals surface area contributed by atoms with Crippen LogP contribution in [0.5, 0.6) is 11.5 Å². The van der Waals surface area contributed by atoms with Gasteiger partial charge in [0, 0.05) is 6.04 Å². The van der Waals surface area contributed by atoms with Crippen LogP contribution in [0.25, 0.3) is 6.08 Å². The maximum absolute atomic E-state index is 12.9. The molecular formula is C22H30N2O3S. The predicted octanol–water partition coefficient (Wildman–Crippen LogP) is 4.51. The van der Waals surface area contributed by atoms with Gasteiger partial charge in [-0.15, -0.1) is 0 Å². The summed E-state index contributed by atoms with van der Waals surface area (Å²) in [6, 6.07) is 5.97. The molecule has 1 aromatic rings. The highest BCUT2D eigenvalue weighted by molar-refractivity contribution is 7.80. The number of carbonyl (C=O) groups is 1. The van der Waals surface area contributed by atoms with Crippen molar-refractivity contribution in [2.24, 2.45) is 5.92 Å². The van der Waals surface area contributed by atoms with E-state index >= 15 is 0 Å². The van der Waals surface area contributed by atoms with Crippen LogP contribution in [-0.2, 0) is 4.79 Å². The van der Waals surface area contributed by atoms with Gasteiger partial charge in [-0.3, -0.25) is 9.69 Å². The highest BCUT2D eigenvalue weighted by atomic mass is 32.1. The molecule has 5 nitrogen and oxygen atoms in total. The highest BCUT2D eigenvalue weighted by Gasteiger charge is 2.36. The summed E-state index contributed by atoms with van der Waals surface area (Å²) >= 11 is 5.45. The van der Waals surface area contributed by atoms with Crippen molar-refractivity contribution in [3.05, 3.63) is 29.5 Å². The van der Waals surface area contributed by atoms with Gasteiger partial charge in [0.15, 0.2) is 16.6 Å².